The van der Waals surface area contributed by atoms with E-state index in [-0.39, 0.29) is 12.1 Å². The van der Waals surface area contributed by atoms with Crippen LogP contribution in [0.3, 0.4) is 0 Å². The highest BCUT2D eigenvalue weighted by Gasteiger charge is 2.24. The number of thiophene rings is 1. The first-order valence-electron chi connectivity index (χ1n) is 7.40. The summed E-state index contributed by atoms with van der Waals surface area (Å²) in [4.78, 5) is 13.2. The minimum Gasteiger partial charge on any atom is -0.391 e. The Balaban J connectivity index is 1.66. The van der Waals surface area contributed by atoms with E-state index in [9.17, 15) is 9.90 Å². The number of nitrogens with one attached hydrogen (secondary N) is 2. The topological polar surface area (TPSA) is 61.4 Å². The van der Waals surface area contributed by atoms with Crippen LogP contribution in [0.5, 0.6) is 0 Å². The SMILES string of the molecule is CC(CNC(=O)NC1CCCCC1O)Cc1cccs1. The number of aliphatic hydroxyl groups is 1. The van der Waals surface area contributed by atoms with E-state index in [1.165, 1.54) is 4.88 Å². The molecule has 112 valence electrons. The molecular formula is C15H24N2O2S. The summed E-state index contributed by atoms with van der Waals surface area (Å²) in [5.74, 6) is 0.413. The zero-order valence-electron chi connectivity index (χ0n) is 12.0. The third kappa shape index (κ3) is 4.80. The molecule has 0 saturated heterocycles. The second kappa shape index (κ2) is 7.64. The third-order valence-electron chi connectivity index (χ3n) is 3.79. The molecule has 3 unspecified atom stereocenters. The third-order valence-corrected chi connectivity index (χ3v) is 4.69. The summed E-state index contributed by atoms with van der Waals surface area (Å²) in [7, 11) is 0. The summed E-state index contributed by atoms with van der Waals surface area (Å²) in [6.07, 6.45) is 4.40. The van der Waals surface area contributed by atoms with Crippen molar-refractivity contribution in [3.05, 3.63) is 22.4 Å². The first kappa shape index (κ1) is 15.3. The Morgan fingerprint density at radius 3 is 3.00 bits per heavy atom. The minimum atomic E-state index is -0.391. The molecule has 1 fully saturated rings. The van der Waals surface area contributed by atoms with Gasteiger partial charge in [-0.05, 0) is 36.6 Å². The number of urea groups is 1. The van der Waals surface area contributed by atoms with Crippen molar-refractivity contribution >= 4 is 17.4 Å². The lowest BCUT2D eigenvalue weighted by Gasteiger charge is -2.28. The average molecular weight is 296 g/mol. The predicted octanol–water partition coefficient (Wildman–Crippen LogP) is 2.53. The van der Waals surface area contributed by atoms with E-state index in [0.29, 0.717) is 12.5 Å². The second-order valence-electron chi connectivity index (χ2n) is 5.70. The van der Waals surface area contributed by atoms with Crippen molar-refractivity contribution in [1.82, 2.24) is 10.6 Å². The molecule has 3 atom stereocenters. The van der Waals surface area contributed by atoms with Crippen molar-refractivity contribution in [2.45, 2.75) is 51.2 Å². The molecule has 1 saturated carbocycles. The molecule has 0 radical (unpaired) electrons. The Bertz CT molecular complexity index is 408. The van der Waals surface area contributed by atoms with Crippen LogP contribution in [-0.4, -0.2) is 29.8 Å². The van der Waals surface area contributed by atoms with Crippen LogP contribution in [0.15, 0.2) is 17.5 Å². The van der Waals surface area contributed by atoms with E-state index in [1.54, 1.807) is 11.3 Å². The maximum absolute atomic E-state index is 11.8. The molecule has 1 aromatic heterocycles. The molecule has 1 heterocycles. The Morgan fingerprint density at radius 2 is 2.30 bits per heavy atom. The van der Waals surface area contributed by atoms with Crippen LogP contribution >= 0.6 is 11.3 Å². The van der Waals surface area contributed by atoms with Gasteiger partial charge in [-0.3, -0.25) is 0 Å². The monoisotopic (exact) mass is 296 g/mol. The van der Waals surface area contributed by atoms with Crippen molar-refractivity contribution in [3.8, 4) is 0 Å². The summed E-state index contributed by atoms with van der Waals surface area (Å²) < 4.78 is 0. The van der Waals surface area contributed by atoms with Gasteiger partial charge in [0.25, 0.3) is 0 Å². The maximum atomic E-state index is 11.8. The molecular weight excluding hydrogens is 272 g/mol. The summed E-state index contributed by atoms with van der Waals surface area (Å²) in [6, 6.07) is 3.93. The van der Waals surface area contributed by atoms with E-state index in [2.05, 4.69) is 35.1 Å². The van der Waals surface area contributed by atoms with Gasteiger partial charge in [0, 0.05) is 11.4 Å². The van der Waals surface area contributed by atoms with Gasteiger partial charge >= 0.3 is 6.03 Å². The van der Waals surface area contributed by atoms with Gasteiger partial charge in [-0.15, -0.1) is 11.3 Å². The van der Waals surface area contributed by atoms with E-state index in [1.807, 2.05) is 0 Å². The maximum Gasteiger partial charge on any atom is 0.315 e. The number of amides is 2. The Hall–Kier alpha value is -1.07. The number of hydrogen-bond donors (Lipinski definition) is 3. The van der Waals surface area contributed by atoms with E-state index >= 15 is 0 Å². The largest absolute Gasteiger partial charge is 0.391 e. The van der Waals surface area contributed by atoms with Gasteiger partial charge in [-0.2, -0.15) is 0 Å². The van der Waals surface area contributed by atoms with Crippen molar-refractivity contribution < 1.29 is 9.90 Å². The molecule has 0 spiro atoms. The Morgan fingerprint density at radius 1 is 1.50 bits per heavy atom. The minimum absolute atomic E-state index is 0.0867. The fourth-order valence-corrected chi connectivity index (χ4v) is 3.48. The fraction of sp³-hybridized carbons (Fsp3) is 0.667. The molecule has 2 rings (SSSR count). The molecule has 1 aliphatic rings. The lowest BCUT2D eigenvalue weighted by molar-refractivity contribution is 0.0942. The highest BCUT2D eigenvalue weighted by atomic mass is 32.1. The summed E-state index contributed by atoms with van der Waals surface area (Å²) in [5.41, 5.74) is 0. The second-order valence-corrected chi connectivity index (χ2v) is 6.73. The van der Waals surface area contributed by atoms with Crippen molar-refractivity contribution in [2.24, 2.45) is 5.92 Å². The summed E-state index contributed by atoms with van der Waals surface area (Å²) in [6.45, 7) is 2.79. The first-order valence-corrected chi connectivity index (χ1v) is 8.28. The quantitative estimate of drug-likeness (QED) is 0.782. The molecule has 1 aliphatic carbocycles. The highest BCUT2D eigenvalue weighted by molar-refractivity contribution is 7.09. The first-order chi connectivity index (χ1) is 9.65. The number of carbonyl (C=O) groups excluding carboxylic acids is 1. The molecule has 2 amide bonds. The summed E-state index contributed by atoms with van der Waals surface area (Å²) >= 11 is 1.75. The standard InChI is InChI=1S/C15H24N2O2S/c1-11(9-12-5-4-8-20-12)10-16-15(19)17-13-6-2-3-7-14(13)18/h4-5,8,11,13-14,18H,2-3,6-7,9-10H2,1H3,(H2,16,17,19). The van der Waals surface area contributed by atoms with Gasteiger partial charge in [0.15, 0.2) is 0 Å². The fourth-order valence-electron chi connectivity index (χ4n) is 2.61. The number of hydrogen-bond acceptors (Lipinski definition) is 3. The van der Waals surface area contributed by atoms with Crippen LogP contribution in [0, 0.1) is 5.92 Å². The molecule has 20 heavy (non-hydrogen) atoms. The van der Waals surface area contributed by atoms with E-state index in [4.69, 9.17) is 0 Å². The van der Waals surface area contributed by atoms with Crippen LogP contribution in [0.25, 0.3) is 0 Å². The normalized spacial score (nSPS) is 24.1. The number of carbonyl (C=O) groups is 1. The highest BCUT2D eigenvalue weighted by Crippen LogP contribution is 2.18. The van der Waals surface area contributed by atoms with E-state index in [0.717, 1.165) is 32.1 Å². The molecule has 4 nitrogen and oxygen atoms in total. The predicted molar refractivity (Wildman–Crippen MR) is 82.0 cm³/mol. The molecule has 0 aromatic carbocycles. The van der Waals surface area contributed by atoms with Crippen LogP contribution in [0.2, 0.25) is 0 Å². The lowest BCUT2D eigenvalue weighted by atomic mass is 9.93. The molecule has 0 bridgehead atoms. The van der Waals surface area contributed by atoms with Gasteiger partial charge < -0.3 is 15.7 Å². The Kier molecular flexibility index (Phi) is 5.86. The van der Waals surface area contributed by atoms with Crippen LogP contribution in [-0.2, 0) is 6.42 Å². The van der Waals surface area contributed by atoms with Gasteiger partial charge in [0.2, 0.25) is 0 Å². The zero-order valence-corrected chi connectivity index (χ0v) is 12.8. The lowest BCUT2D eigenvalue weighted by Crippen LogP contribution is -2.49. The molecule has 3 N–H and O–H groups in total. The average Bonchev–Trinajstić information content (AvgIpc) is 2.92. The van der Waals surface area contributed by atoms with Crippen molar-refractivity contribution in [1.29, 1.82) is 0 Å². The number of aliphatic hydroxyl groups excluding tert-OH is 1. The van der Waals surface area contributed by atoms with Crippen molar-refractivity contribution in [3.63, 3.8) is 0 Å². The van der Waals surface area contributed by atoms with Crippen LogP contribution < -0.4 is 10.6 Å². The molecule has 0 aliphatic heterocycles. The molecule has 5 heteroatoms. The van der Waals surface area contributed by atoms with Crippen molar-refractivity contribution in [2.75, 3.05) is 6.54 Å². The van der Waals surface area contributed by atoms with Gasteiger partial charge in [-0.25, -0.2) is 4.79 Å². The smallest absolute Gasteiger partial charge is 0.315 e. The Labute approximate surface area is 124 Å². The van der Waals surface area contributed by atoms with Gasteiger partial charge in [0.05, 0.1) is 12.1 Å². The van der Waals surface area contributed by atoms with E-state index < -0.39 is 6.10 Å². The van der Waals surface area contributed by atoms with Crippen LogP contribution in [0.1, 0.15) is 37.5 Å². The van der Waals surface area contributed by atoms with Gasteiger partial charge in [-0.1, -0.05) is 25.8 Å². The summed E-state index contributed by atoms with van der Waals surface area (Å²) in [5, 5.41) is 17.7. The number of rotatable bonds is 5. The van der Waals surface area contributed by atoms with Gasteiger partial charge in [0.1, 0.15) is 0 Å². The van der Waals surface area contributed by atoms with Crippen LogP contribution in [0.4, 0.5) is 4.79 Å². The zero-order chi connectivity index (χ0) is 14.4. The molecule has 1 aromatic rings.